The minimum absolute atomic E-state index is 0.276. The molecule has 108 valence electrons. The van der Waals surface area contributed by atoms with Crippen molar-refractivity contribution in [2.24, 2.45) is 17.3 Å². The third-order valence-corrected chi connectivity index (χ3v) is 5.13. The van der Waals surface area contributed by atoms with Crippen LogP contribution in [0.15, 0.2) is 24.3 Å². The van der Waals surface area contributed by atoms with Crippen molar-refractivity contribution in [2.45, 2.75) is 39.8 Å². The zero-order valence-corrected chi connectivity index (χ0v) is 12.7. The number of carbonyl (C=O) groups excluding carboxylic acids is 1. The van der Waals surface area contributed by atoms with Gasteiger partial charge in [-0.3, -0.25) is 4.79 Å². The Kier molecular flexibility index (Phi) is 3.03. The minimum Gasteiger partial charge on any atom is -0.497 e. The maximum Gasteiger partial charge on any atom is 0.223 e. The Morgan fingerprint density at radius 3 is 2.55 bits per heavy atom. The molecule has 1 aliphatic heterocycles. The summed E-state index contributed by atoms with van der Waals surface area (Å²) in [5.74, 6) is 2.35. The van der Waals surface area contributed by atoms with E-state index in [4.69, 9.17) is 4.74 Å². The van der Waals surface area contributed by atoms with Crippen LogP contribution in [0.1, 0.15) is 32.8 Å². The normalized spacial score (nSPS) is 30.9. The molecule has 1 aromatic rings. The average molecular weight is 273 g/mol. The summed E-state index contributed by atoms with van der Waals surface area (Å²) in [5, 5.41) is 0. The second kappa shape index (κ2) is 4.51. The van der Waals surface area contributed by atoms with Crippen molar-refractivity contribution < 1.29 is 9.53 Å². The van der Waals surface area contributed by atoms with Crippen LogP contribution in [0.3, 0.4) is 0 Å². The van der Waals surface area contributed by atoms with Crippen molar-refractivity contribution in [3.05, 3.63) is 29.8 Å². The number of carbonyl (C=O) groups is 1. The highest BCUT2D eigenvalue weighted by molar-refractivity contribution is 5.79. The van der Waals surface area contributed by atoms with E-state index in [-0.39, 0.29) is 5.41 Å². The summed E-state index contributed by atoms with van der Waals surface area (Å²) in [6, 6.07) is 8.44. The van der Waals surface area contributed by atoms with Crippen LogP contribution in [-0.2, 0) is 11.3 Å². The predicted molar refractivity (Wildman–Crippen MR) is 78.4 cm³/mol. The van der Waals surface area contributed by atoms with Crippen molar-refractivity contribution in [1.29, 1.82) is 0 Å². The second-order valence-electron chi connectivity index (χ2n) is 6.84. The van der Waals surface area contributed by atoms with Crippen molar-refractivity contribution in [3.63, 3.8) is 0 Å². The Hall–Kier alpha value is -1.51. The second-order valence-corrected chi connectivity index (χ2v) is 6.84. The number of methoxy groups -OCH3 is 1. The van der Waals surface area contributed by atoms with Crippen LogP contribution in [-0.4, -0.2) is 24.0 Å². The van der Waals surface area contributed by atoms with Gasteiger partial charge in [0, 0.05) is 19.0 Å². The summed E-state index contributed by atoms with van der Waals surface area (Å²) in [6.45, 7) is 7.52. The molecule has 20 heavy (non-hydrogen) atoms. The number of nitrogens with zero attached hydrogens (tertiary/aromatic N) is 1. The van der Waals surface area contributed by atoms with Crippen LogP contribution in [0.4, 0.5) is 0 Å². The Morgan fingerprint density at radius 2 is 1.95 bits per heavy atom. The monoisotopic (exact) mass is 273 g/mol. The number of piperidine rings is 1. The average Bonchev–Trinajstić information content (AvgIpc) is 2.99. The topological polar surface area (TPSA) is 29.5 Å². The summed E-state index contributed by atoms with van der Waals surface area (Å²) in [5.41, 5.74) is 1.45. The summed E-state index contributed by atoms with van der Waals surface area (Å²) >= 11 is 0. The molecule has 3 heteroatoms. The third-order valence-electron chi connectivity index (χ3n) is 5.13. The lowest BCUT2D eigenvalue weighted by molar-refractivity contribution is -0.136. The van der Waals surface area contributed by atoms with E-state index in [1.165, 1.54) is 5.56 Å². The standard InChI is InChI=1S/C17H23NO2/c1-11-9-14(19)18(16-15(11)17(16,2)3)10-12-5-7-13(20-4)8-6-12/h5-8,11,15-16H,9-10H2,1-4H3/t11?,15-,16-/m0/s1. The highest BCUT2D eigenvalue weighted by Gasteiger charge is 2.65. The molecule has 1 heterocycles. The summed E-state index contributed by atoms with van der Waals surface area (Å²) in [4.78, 5) is 14.4. The first kappa shape index (κ1) is 13.5. The third kappa shape index (κ3) is 2.00. The smallest absolute Gasteiger partial charge is 0.223 e. The van der Waals surface area contributed by atoms with Crippen molar-refractivity contribution >= 4 is 5.91 Å². The van der Waals surface area contributed by atoms with Crippen molar-refractivity contribution in [3.8, 4) is 5.75 Å². The van der Waals surface area contributed by atoms with Crippen molar-refractivity contribution in [1.82, 2.24) is 4.90 Å². The Bertz CT molecular complexity index is 520. The molecule has 2 aliphatic rings. The van der Waals surface area contributed by atoms with Gasteiger partial charge >= 0.3 is 0 Å². The van der Waals surface area contributed by atoms with Gasteiger partial charge in [0.2, 0.25) is 5.91 Å². The predicted octanol–water partition coefficient (Wildman–Crippen LogP) is 3.09. The molecular formula is C17H23NO2. The van der Waals surface area contributed by atoms with Gasteiger partial charge in [-0.05, 0) is 34.9 Å². The van der Waals surface area contributed by atoms with E-state index in [1.54, 1.807) is 7.11 Å². The number of hydrogen-bond donors (Lipinski definition) is 0. The first-order chi connectivity index (χ1) is 9.45. The van der Waals surface area contributed by atoms with E-state index < -0.39 is 0 Å². The lowest BCUT2D eigenvalue weighted by Crippen LogP contribution is -2.39. The fourth-order valence-electron chi connectivity index (χ4n) is 4.08. The minimum atomic E-state index is 0.276. The van der Waals surface area contributed by atoms with E-state index in [2.05, 4.69) is 37.8 Å². The molecule has 0 bridgehead atoms. The van der Waals surface area contributed by atoms with Crippen molar-refractivity contribution in [2.75, 3.05) is 7.11 Å². The molecule has 1 aromatic carbocycles. The van der Waals surface area contributed by atoms with Gasteiger partial charge in [0.05, 0.1) is 7.11 Å². The van der Waals surface area contributed by atoms with Crippen LogP contribution in [0, 0.1) is 17.3 Å². The van der Waals surface area contributed by atoms with Gasteiger partial charge in [-0.1, -0.05) is 32.9 Å². The number of rotatable bonds is 3. The first-order valence-corrected chi connectivity index (χ1v) is 7.37. The van der Waals surface area contributed by atoms with E-state index >= 15 is 0 Å². The molecule has 0 spiro atoms. The number of amides is 1. The lowest BCUT2D eigenvalue weighted by Gasteiger charge is -2.30. The zero-order chi connectivity index (χ0) is 14.5. The van der Waals surface area contributed by atoms with Gasteiger partial charge in [-0.15, -0.1) is 0 Å². The van der Waals surface area contributed by atoms with E-state index in [9.17, 15) is 4.79 Å². The maximum atomic E-state index is 12.4. The highest BCUT2D eigenvalue weighted by atomic mass is 16.5. The van der Waals surface area contributed by atoms with Gasteiger partial charge in [0.15, 0.2) is 0 Å². The summed E-state index contributed by atoms with van der Waals surface area (Å²) in [7, 11) is 1.67. The molecule has 1 saturated heterocycles. The number of fused-ring (bicyclic) bond motifs is 1. The van der Waals surface area contributed by atoms with Crippen LogP contribution >= 0.6 is 0 Å². The molecule has 3 nitrogen and oxygen atoms in total. The Morgan fingerprint density at radius 1 is 1.30 bits per heavy atom. The molecule has 1 unspecified atom stereocenters. The molecule has 1 aliphatic carbocycles. The highest BCUT2D eigenvalue weighted by Crippen LogP contribution is 2.62. The van der Waals surface area contributed by atoms with Gasteiger partial charge in [0.25, 0.3) is 0 Å². The molecule has 0 radical (unpaired) electrons. The van der Waals surface area contributed by atoms with Crippen LogP contribution in [0.25, 0.3) is 0 Å². The molecule has 1 saturated carbocycles. The van der Waals surface area contributed by atoms with Crippen LogP contribution < -0.4 is 4.74 Å². The fraction of sp³-hybridized carbons (Fsp3) is 0.588. The molecule has 0 N–H and O–H groups in total. The van der Waals surface area contributed by atoms with Gasteiger partial charge in [-0.25, -0.2) is 0 Å². The lowest BCUT2D eigenvalue weighted by atomic mass is 9.94. The molecule has 3 rings (SSSR count). The Balaban J connectivity index is 1.77. The van der Waals surface area contributed by atoms with E-state index in [0.717, 1.165) is 12.3 Å². The van der Waals surface area contributed by atoms with Crippen LogP contribution in [0.5, 0.6) is 5.75 Å². The van der Waals surface area contributed by atoms with Gasteiger partial charge in [0.1, 0.15) is 5.75 Å². The molecular weight excluding hydrogens is 250 g/mol. The number of hydrogen-bond acceptors (Lipinski definition) is 2. The first-order valence-electron chi connectivity index (χ1n) is 7.37. The van der Waals surface area contributed by atoms with Gasteiger partial charge in [-0.2, -0.15) is 0 Å². The summed E-state index contributed by atoms with van der Waals surface area (Å²) in [6.07, 6.45) is 0.695. The zero-order valence-electron chi connectivity index (χ0n) is 12.7. The number of likely N-dealkylation sites (tertiary alicyclic amines) is 1. The quantitative estimate of drug-likeness (QED) is 0.847. The van der Waals surface area contributed by atoms with Crippen LogP contribution in [0.2, 0.25) is 0 Å². The maximum absolute atomic E-state index is 12.4. The van der Waals surface area contributed by atoms with E-state index in [1.807, 2.05) is 12.1 Å². The largest absolute Gasteiger partial charge is 0.497 e. The SMILES string of the molecule is COc1ccc(CN2C(=O)CC(C)[C@H]3[C@H]2C3(C)C)cc1. The van der Waals surface area contributed by atoms with E-state index in [0.29, 0.717) is 30.2 Å². The molecule has 1 amide bonds. The summed E-state index contributed by atoms with van der Waals surface area (Å²) < 4.78 is 5.18. The number of ether oxygens (including phenoxy) is 1. The Labute approximate surface area is 120 Å². The molecule has 3 atom stereocenters. The molecule has 2 fully saturated rings. The van der Waals surface area contributed by atoms with Gasteiger partial charge < -0.3 is 9.64 Å². The fourth-order valence-corrected chi connectivity index (χ4v) is 4.08. The molecule has 0 aromatic heterocycles. The number of benzene rings is 1.